The average molecular weight is 390 g/mol. The highest BCUT2D eigenvalue weighted by molar-refractivity contribution is 5.94. The van der Waals surface area contributed by atoms with Gasteiger partial charge in [0, 0.05) is 23.9 Å². The van der Waals surface area contributed by atoms with E-state index in [1.807, 2.05) is 24.3 Å². The first-order valence-electron chi connectivity index (χ1n) is 9.09. The van der Waals surface area contributed by atoms with Gasteiger partial charge < -0.3 is 15.4 Å². The summed E-state index contributed by atoms with van der Waals surface area (Å²) in [5.74, 6) is 1.46. The van der Waals surface area contributed by atoms with Gasteiger partial charge in [0.15, 0.2) is 5.78 Å². The van der Waals surface area contributed by atoms with Crippen LogP contribution in [0, 0.1) is 6.92 Å². The van der Waals surface area contributed by atoms with Crippen LogP contribution in [0.25, 0.3) is 0 Å². The normalized spacial score (nSPS) is 10.3. The summed E-state index contributed by atoms with van der Waals surface area (Å²) in [6, 6.07) is 16.1. The van der Waals surface area contributed by atoms with E-state index in [1.165, 1.54) is 6.92 Å². The quantitative estimate of drug-likeness (QED) is 0.598. The topological polar surface area (TPSA) is 93.2 Å². The highest BCUT2D eigenvalue weighted by Gasteiger charge is 2.11. The maximum atomic E-state index is 12.5. The molecule has 0 fully saturated rings. The number of anilines is 2. The third-order valence-corrected chi connectivity index (χ3v) is 4.25. The highest BCUT2D eigenvalue weighted by atomic mass is 16.5. The number of Topliss-reactive ketones (excluding diaryl/α,β-unsaturated/α-hetero) is 1. The van der Waals surface area contributed by atoms with Crippen molar-refractivity contribution in [3.05, 3.63) is 77.2 Å². The van der Waals surface area contributed by atoms with Crippen LogP contribution in [0.2, 0.25) is 0 Å². The van der Waals surface area contributed by atoms with Gasteiger partial charge in [-0.05, 0) is 55.8 Å². The fourth-order valence-electron chi connectivity index (χ4n) is 2.70. The highest BCUT2D eigenvalue weighted by Crippen LogP contribution is 2.17. The molecule has 0 unspecified atom stereocenters. The maximum Gasteiger partial charge on any atom is 0.270 e. The van der Waals surface area contributed by atoms with Crippen LogP contribution in [-0.2, 0) is 6.54 Å². The second kappa shape index (κ2) is 8.97. The molecule has 148 valence electrons. The van der Waals surface area contributed by atoms with Gasteiger partial charge in [-0.15, -0.1) is 0 Å². The first-order chi connectivity index (χ1) is 13.9. The predicted molar refractivity (Wildman–Crippen MR) is 111 cm³/mol. The van der Waals surface area contributed by atoms with Gasteiger partial charge in [-0.2, -0.15) is 0 Å². The minimum absolute atomic E-state index is 0.00486. The van der Waals surface area contributed by atoms with E-state index < -0.39 is 0 Å². The van der Waals surface area contributed by atoms with E-state index in [1.54, 1.807) is 44.4 Å². The number of rotatable bonds is 7. The van der Waals surface area contributed by atoms with Crippen LogP contribution >= 0.6 is 0 Å². The van der Waals surface area contributed by atoms with Crippen molar-refractivity contribution in [3.8, 4) is 5.75 Å². The summed E-state index contributed by atoms with van der Waals surface area (Å²) in [4.78, 5) is 32.5. The molecule has 0 aliphatic carbocycles. The maximum absolute atomic E-state index is 12.5. The summed E-state index contributed by atoms with van der Waals surface area (Å²) >= 11 is 0. The molecule has 0 bridgehead atoms. The second-order valence-electron chi connectivity index (χ2n) is 6.47. The Balaban J connectivity index is 1.68. The van der Waals surface area contributed by atoms with Crippen molar-refractivity contribution in [2.24, 2.45) is 0 Å². The summed E-state index contributed by atoms with van der Waals surface area (Å²) in [6.07, 6.45) is 0. The Bertz CT molecular complexity index is 1020. The van der Waals surface area contributed by atoms with Gasteiger partial charge in [-0.25, -0.2) is 9.97 Å². The standard InChI is InChI=1S/C22H22N4O3/c1-14(27)17-6-8-18(9-7-17)26-21-12-20(24-15(2)25-21)22(28)23-13-16-4-10-19(29-3)11-5-16/h4-12H,13H2,1-3H3,(H,23,28)(H,24,25,26). The van der Waals surface area contributed by atoms with E-state index in [0.29, 0.717) is 23.8 Å². The Labute approximate surface area is 169 Å². The Hall–Kier alpha value is -3.74. The second-order valence-corrected chi connectivity index (χ2v) is 6.47. The summed E-state index contributed by atoms with van der Waals surface area (Å²) in [6.45, 7) is 3.62. The number of aryl methyl sites for hydroxylation is 1. The third kappa shape index (κ3) is 5.38. The average Bonchev–Trinajstić information content (AvgIpc) is 2.72. The smallest absolute Gasteiger partial charge is 0.270 e. The molecule has 2 aromatic carbocycles. The summed E-state index contributed by atoms with van der Waals surface area (Å²) in [5, 5.41) is 5.99. The molecule has 0 saturated carbocycles. The Morgan fingerprint density at radius 3 is 2.31 bits per heavy atom. The zero-order valence-corrected chi connectivity index (χ0v) is 16.5. The van der Waals surface area contributed by atoms with Gasteiger partial charge in [-0.1, -0.05) is 12.1 Å². The molecule has 0 saturated heterocycles. The number of ketones is 1. The van der Waals surface area contributed by atoms with E-state index in [0.717, 1.165) is 17.0 Å². The number of benzene rings is 2. The number of carbonyl (C=O) groups excluding carboxylic acids is 2. The molecule has 1 heterocycles. The fourth-order valence-corrected chi connectivity index (χ4v) is 2.70. The van der Waals surface area contributed by atoms with E-state index in [9.17, 15) is 9.59 Å². The van der Waals surface area contributed by atoms with Gasteiger partial charge in [0.05, 0.1) is 7.11 Å². The molecule has 7 nitrogen and oxygen atoms in total. The lowest BCUT2D eigenvalue weighted by Gasteiger charge is -2.10. The molecule has 7 heteroatoms. The number of aromatic nitrogens is 2. The first kappa shape index (κ1) is 20.0. The van der Waals surface area contributed by atoms with Crippen molar-refractivity contribution in [2.75, 3.05) is 12.4 Å². The zero-order valence-electron chi connectivity index (χ0n) is 16.5. The molecule has 29 heavy (non-hydrogen) atoms. The number of methoxy groups -OCH3 is 1. The van der Waals surface area contributed by atoms with Crippen LogP contribution in [0.1, 0.15) is 39.2 Å². The van der Waals surface area contributed by atoms with Crippen LogP contribution in [0.4, 0.5) is 11.5 Å². The molecule has 0 atom stereocenters. The third-order valence-electron chi connectivity index (χ3n) is 4.25. The lowest BCUT2D eigenvalue weighted by atomic mass is 10.1. The van der Waals surface area contributed by atoms with Crippen LogP contribution in [0.3, 0.4) is 0 Å². The van der Waals surface area contributed by atoms with Crippen molar-refractivity contribution in [2.45, 2.75) is 20.4 Å². The molecule has 3 aromatic rings. The predicted octanol–water partition coefficient (Wildman–Crippen LogP) is 3.67. The van der Waals surface area contributed by atoms with Crippen LogP contribution in [0.15, 0.2) is 54.6 Å². The van der Waals surface area contributed by atoms with Crippen molar-refractivity contribution < 1.29 is 14.3 Å². The molecule has 3 rings (SSSR count). The SMILES string of the molecule is COc1ccc(CNC(=O)c2cc(Nc3ccc(C(C)=O)cc3)nc(C)n2)cc1. The number of ether oxygens (including phenoxy) is 1. The lowest BCUT2D eigenvalue weighted by molar-refractivity contribution is 0.0944. The minimum atomic E-state index is -0.290. The Kier molecular flexibility index (Phi) is 6.19. The van der Waals surface area contributed by atoms with Crippen LogP contribution in [0.5, 0.6) is 5.75 Å². The van der Waals surface area contributed by atoms with Gasteiger partial charge in [-0.3, -0.25) is 9.59 Å². The monoisotopic (exact) mass is 390 g/mol. The lowest BCUT2D eigenvalue weighted by Crippen LogP contribution is -2.24. The van der Waals surface area contributed by atoms with Gasteiger partial charge in [0.2, 0.25) is 0 Å². The first-order valence-corrected chi connectivity index (χ1v) is 9.09. The molecule has 0 radical (unpaired) electrons. The molecule has 1 aromatic heterocycles. The summed E-state index contributed by atoms with van der Waals surface area (Å²) in [7, 11) is 1.61. The van der Waals surface area contributed by atoms with Gasteiger partial charge in [0.25, 0.3) is 5.91 Å². The van der Waals surface area contributed by atoms with E-state index in [4.69, 9.17) is 4.74 Å². The molecule has 0 aliphatic rings. The number of hydrogen-bond donors (Lipinski definition) is 2. The minimum Gasteiger partial charge on any atom is -0.497 e. The van der Waals surface area contributed by atoms with Gasteiger partial charge in [0.1, 0.15) is 23.1 Å². The van der Waals surface area contributed by atoms with Crippen LogP contribution in [-0.4, -0.2) is 28.8 Å². The molecule has 0 spiro atoms. The fraction of sp³-hybridized carbons (Fsp3) is 0.182. The van der Waals surface area contributed by atoms with Crippen molar-refractivity contribution in [1.82, 2.24) is 15.3 Å². The molecule has 2 N–H and O–H groups in total. The molecule has 1 amide bonds. The zero-order chi connectivity index (χ0) is 20.8. The number of amides is 1. The molecule has 0 aliphatic heterocycles. The van der Waals surface area contributed by atoms with Crippen LogP contribution < -0.4 is 15.4 Å². The van der Waals surface area contributed by atoms with E-state index >= 15 is 0 Å². The van der Waals surface area contributed by atoms with E-state index in [-0.39, 0.29) is 17.4 Å². The summed E-state index contributed by atoms with van der Waals surface area (Å²) in [5.41, 5.74) is 2.62. The largest absolute Gasteiger partial charge is 0.497 e. The Morgan fingerprint density at radius 1 is 1.00 bits per heavy atom. The number of hydrogen-bond acceptors (Lipinski definition) is 6. The van der Waals surface area contributed by atoms with Crippen molar-refractivity contribution in [1.29, 1.82) is 0 Å². The van der Waals surface area contributed by atoms with Crippen molar-refractivity contribution in [3.63, 3.8) is 0 Å². The summed E-state index contributed by atoms with van der Waals surface area (Å²) < 4.78 is 5.13. The number of nitrogens with zero attached hydrogens (tertiary/aromatic N) is 2. The van der Waals surface area contributed by atoms with Gasteiger partial charge >= 0.3 is 0 Å². The van der Waals surface area contributed by atoms with E-state index in [2.05, 4.69) is 20.6 Å². The Morgan fingerprint density at radius 2 is 1.69 bits per heavy atom. The number of nitrogens with one attached hydrogen (secondary N) is 2. The van der Waals surface area contributed by atoms with Crippen molar-refractivity contribution >= 4 is 23.2 Å². The molecular weight excluding hydrogens is 368 g/mol. The number of carbonyl (C=O) groups is 2. The molecular formula is C22H22N4O3.